The molecular weight excluding hydrogens is 337 g/mol. The lowest BCUT2D eigenvalue weighted by atomic mass is 10.2. The average molecular weight is 357 g/mol. The van der Waals surface area contributed by atoms with Gasteiger partial charge in [0.2, 0.25) is 11.8 Å². The second-order valence-electron chi connectivity index (χ2n) is 5.48. The summed E-state index contributed by atoms with van der Waals surface area (Å²) in [4.78, 5) is 25.3. The van der Waals surface area contributed by atoms with Crippen molar-refractivity contribution in [2.45, 2.75) is 17.4 Å². The van der Waals surface area contributed by atoms with Crippen LogP contribution in [0.2, 0.25) is 0 Å². The Labute approximate surface area is 140 Å². The van der Waals surface area contributed by atoms with E-state index in [1.54, 1.807) is 0 Å². The Kier molecular flexibility index (Phi) is 5.89. The molecule has 2 rings (SSSR count). The molecule has 0 unspecified atom stereocenters. The number of nitrogens with one attached hydrogen (secondary N) is 2. The molecule has 0 saturated carbocycles. The zero-order valence-corrected chi connectivity index (χ0v) is 14.1. The van der Waals surface area contributed by atoms with Gasteiger partial charge in [-0.2, -0.15) is 0 Å². The van der Waals surface area contributed by atoms with Gasteiger partial charge in [0.15, 0.2) is 9.84 Å². The number of halogens is 1. The molecule has 1 saturated heterocycles. The normalized spacial score (nSPS) is 18.2. The van der Waals surface area contributed by atoms with Gasteiger partial charge in [-0.05, 0) is 24.3 Å². The molecular formula is C15H20FN3O4S. The zero-order valence-electron chi connectivity index (χ0n) is 13.3. The first-order valence-electron chi connectivity index (χ1n) is 7.54. The molecule has 24 heavy (non-hydrogen) atoms. The maximum absolute atomic E-state index is 12.9. The van der Waals surface area contributed by atoms with Crippen LogP contribution in [0.5, 0.6) is 0 Å². The SMILES string of the molecule is CNC(=O)[C@H]1CN(C(=O)CCS(=O)(=O)c2ccc(F)cc2)CCN1. The number of likely N-dealkylation sites (N-methyl/N-ethyl adjacent to an activating group) is 1. The molecule has 2 amide bonds. The van der Waals surface area contributed by atoms with Gasteiger partial charge in [0.1, 0.15) is 11.9 Å². The molecule has 1 heterocycles. The minimum absolute atomic E-state index is 0.0137. The molecule has 1 aromatic rings. The van der Waals surface area contributed by atoms with E-state index in [-0.39, 0.29) is 35.4 Å². The molecule has 0 spiro atoms. The maximum atomic E-state index is 12.9. The van der Waals surface area contributed by atoms with Gasteiger partial charge in [-0.1, -0.05) is 0 Å². The number of nitrogens with zero attached hydrogens (tertiary/aromatic N) is 1. The Bertz CT molecular complexity index is 706. The Morgan fingerprint density at radius 2 is 2.00 bits per heavy atom. The molecule has 132 valence electrons. The highest BCUT2D eigenvalue weighted by Gasteiger charge is 2.28. The molecule has 0 aromatic heterocycles. The third kappa shape index (κ3) is 4.51. The van der Waals surface area contributed by atoms with Crippen LogP contribution in [0.4, 0.5) is 4.39 Å². The van der Waals surface area contributed by atoms with Crippen LogP contribution in [0.25, 0.3) is 0 Å². The van der Waals surface area contributed by atoms with Gasteiger partial charge >= 0.3 is 0 Å². The quantitative estimate of drug-likeness (QED) is 0.695. The standard InChI is InChI=1S/C15H20FN3O4S/c1-17-15(21)13-10-19(8-7-18-13)14(20)6-9-24(22,23)12-4-2-11(16)3-5-12/h2-5,13,18H,6-10H2,1H3,(H,17,21)/t13-/m1/s1. The maximum Gasteiger partial charge on any atom is 0.238 e. The van der Waals surface area contributed by atoms with Crippen molar-refractivity contribution >= 4 is 21.7 Å². The van der Waals surface area contributed by atoms with Crippen LogP contribution in [0, 0.1) is 5.82 Å². The highest BCUT2D eigenvalue weighted by molar-refractivity contribution is 7.91. The second-order valence-corrected chi connectivity index (χ2v) is 7.59. The number of sulfone groups is 1. The first-order valence-corrected chi connectivity index (χ1v) is 9.20. The molecule has 1 atom stereocenters. The minimum Gasteiger partial charge on any atom is -0.358 e. The Morgan fingerprint density at radius 1 is 1.33 bits per heavy atom. The summed E-state index contributed by atoms with van der Waals surface area (Å²) >= 11 is 0. The number of rotatable bonds is 5. The lowest BCUT2D eigenvalue weighted by Crippen LogP contribution is -2.58. The van der Waals surface area contributed by atoms with Crippen LogP contribution in [0.1, 0.15) is 6.42 Å². The number of hydrogen-bond acceptors (Lipinski definition) is 5. The van der Waals surface area contributed by atoms with Gasteiger partial charge in [0.05, 0.1) is 10.6 Å². The Morgan fingerprint density at radius 3 is 2.62 bits per heavy atom. The lowest BCUT2D eigenvalue weighted by molar-refractivity contribution is -0.133. The van der Waals surface area contributed by atoms with Crippen molar-refractivity contribution in [2.24, 2.45) is 0 Å². The fourth-order valence-electron chi connectivity index (χ4n) is 2.47. The van der Waals surface area contributed by atoms with Crippen molar-refractivity contribution in [1.82, 2.24) is 15.5 Å². The van der Waals surface area contributed by atoms with Crippen LogP contribution < -0.4 is 10.6 Å². The molecule has 1 aliphatic heterocycles. The van der Waals surface area contributed by atoms with E-state index >= 15 is 0 Å². The number of benzene rings is 1. The fraction of sp³-hybridized carbons (Fsp3) is 0.467. The predicted octanol–water partition coefficient (Wildman–Crippen LogP) is -0.464. The molecule has 1 aliphatic rings. The third-order valence-corrected chi connectivity index (χ3v) is 5.58. The van der Waals surface area contributed by atoms with Crippen molar-refractivity contribution < 1.29 is 22.4 Å². The van der Waals surface area contributed by atoms with Gasteiger partial charge in [-0.15, -0.1) is 0 Å². The van der Waals surface area contributed by atoms with Crippen LogP contribution in [0.15, 0.2) is 29.2 Å². The summed E-state index contributed by atoms with van der Waals surface area (Å²) in [6, 6.07) is 4.00. The monoisotopic (exact) mass is 357 g/mol. The summed E-state index contributed by atoms with van der Waals surface area (Å²) in [5, 5.41) is 5.51. The van der Waals surface area contributed by atoms with Crippen molar-refractivity contribution in [3.8, 4) is 0 Å². The third-order valence-electron chi connectivity index (χ3n) is 3.85. The summed E-state index contributed by atoms with van der Waals surface area (Å²) < 4.78 is 37.2. The first kappa shape index (κ1) is 18.3. The van der Waals surface area contributed by atoms with Crippen LogP contribution in [-0.4, -0.2) is 63.6 Å². The van der Waals surface area contributed by atoms with Crippen molar-refractivity contribution in [3.05, 3.63) is 30.1 Å². The second kappa shape index (κ2) is 7.71. The van der Waals surface area contributed by atoms with Crippen LogP contribution in [0.3, 0.4) is 0 Å². The van der Waals surface area contributed by atoms with E-state index in [0.29, 0.717) is 13.1 Å². The Balaban J connectivity index is 1.94. The molecule has 0 bridgehead atoms. The fourth-order valence-corrected chi connectivity index (χ4v) is 3.70. The van der Waals surface area contributed by atoms with Gasteiger partial charge in [-0.3, -0.25) is 9.59 Å². The smallest absolute Gasteiger partial charge is 0.238 e. The predicted molar refractivity (Wildman–Crippen MR) is 85.5 cm³/mol. The minimum atomic E-state index is -3.65. The molecule has 0 radical (unpaired) electrons. The van der Waals surface area contributed by atoms with Gasteiger partial charge in [-0.25, -0.2) is 12.8 Å². The summed E-state index contributed by atoms with van der Waals surface area (Å²) in [7, 11) is -2.14. The van der Waals surface area contributed by atoms with Crippen molar-refractivity contribution in [3.63, 3.8) is 0 Å². The largest absolute Gasteiger partial charge is 0.358 e. The van der Waals surface area contributed by atoms with Crippen LogP contribution in [-0.2, 0) is 19.4 Å². The number of piperazine rings is 1. The molecule has 1 aromatic carbocycles. The Hall–Kier alpha value is -2.00. The van der Waals surface area contributed by atoms with E-state index in [9.17, 15) is 22.4 Å². The summed E-state index contributed by atoms with van der Waals surface area (Å²) in [5.74, 6) is -1.42. The van der Waals surface area contributed by atoms with Gasteiger partial charge in [0.25, 0.3) is 0 Å². The molecule has 0 aliphatic carbocycles. The van der Waals surface area contributed by atoms with E-state index in [1.807, 2.05) is 0 Å². The zero-order chi connectivity index (χ0) is 17.7. The molecule has 1 fully saturated rings. The highest BCUT2D eigenvalue weighted by atomic mass is 32.2. The number of hydrogen-bond donors (Lipinski definition) is 2. The molecule has 9 heteroatoms. The summed E-state index contributed by atoms with van der Waals surface area (Å²) in [6.07, 6.45) is -0.180. The van der Waals surface area contributed by atoms with Gasteiger partial charge in [0, 0.05) is 33.1 Å². The van der Waals surface area contributed by atoms with Gasteiger partial charge < -0.3 is 15.5 Å². The average Bonchev–Trinajstić information content (AvgIpc) is 2.59. The van der Waals surface area contributed by atoms with E-state index in [1.165, 1.54) is 24.1 Å². The summed E-state index contributed by atoms with van der Waals surface area (Å²) in [5.41, 5.74) is 0. The number of amides is 2. The number of carbonyl (C=O) groups excluding carboxylic acids is 2. The number of carbonyl (C=O) groups is 2. The lowest BCUT2D eigenvalue weighted by Gasteiger charge is -2.32. The topological polar surface area (TPSA) is 95.6 Å². The summed E-state index contributed by atoms with van der Waals surface area (Å²) in [6.45, 7) is 1.09. The van der Waals surface area contributed by atoms with E-state index < -0.39 is 21.7 Å². The van der Waals surface area contributed by atoms with E-state index in [2.05, 4.69) is 10.6 Å². The van der Waals surface area contributed by atoms with Crippen LogP contribution >= 0.6 is 0 Å². The van der Waals surface area contributed by atoms with Crippen molar-refractivity contribution in [2.75, 3.05) is 32.4 Å². The first-order chi connectivity index (χ1) is 11.3. The van der Waals surface area contributed by atoms with Crippen molar-refractivity contribution in [1.29, 1.82) is 0 Å². The molecule has 7 nitrogen and oxygen atoms in total. The van der Waals surface area contributed by atoms with E-state index in [0.717, 1.165) is 12.1 Å². The highest BCUT2D eigenvalue weighted by Crippen LogP contribution is 2.14. The van der Waals surface area contributed by atoms with E-state index in [4.69, 9.17) is 0 Å². The molecule has 2 N–H and O–H groups in total.